The fourth-order valence-electron chi connectivity index (χ4n) is 1.00. The zero-order chi connectivity index (χ0) is 9.84. The van der Waals surface area contributed by atoms with Crippen LogP contribution in [-0.4, -0.2) is 13.5 Å². The van der Waals surface area contributed by atoms with Crippen molar-refractivity contribution in [1.82, 2.24) is 0 Å². The van der Waals surface area contributed by atoms with Gasteiger partial charge in [-0.2, -0.15) is 0 Å². The molecule has 0 aromatic heterocycles. The van der Waals surface area contributed by atoms with Crippen LogP contribution in [0.4, 0.5) is 0 Å². The normalized spacial score (nSPS) is 10.2. The number of hydrogen-bond acceptors (Lipinski definition) is 3. The number of thiol groups is 1. The first-order valence-electron chi connectivity index (χ1n) is 3.72. The van der Waals surface area contributed by atoms with Crippen molar-refractivity contribution in [2.24, 2.45) is 0 Å². The molecule has 0 spiro atoms. The van der Waals surface area contributed by atoms with Crippen molar-refractivity contribution in [3.05, 3.63) is 36.4 Å². The van der Waals surface area contributed by atoms with Crippen LogP contribution in [0.1, 0.15) is 5.56 Å². The second kappa shape index (κ2) is 4.09. The molecule has 0 radical (unpaired) electrons. The molecule has 0 bridgehead atoms. The highest BCUT2D eigenvalue weighted by Crippen LogP contribution is 2.19. The van der Waals surface area contributed by atoms with Gasteiger partial charge < -0.3 is 5.11 Å². The third-order valence-corrected chi connectivity index (χ3v) is 2.34. The van der Waals surface area contributed by atoms with Crippen molar-refractivity contribution in [2.75, 3.05) is 0 Å². The Bertz CT molecular complexity index is 386. The summed E-state index contributed by atoms with van der Waals surface area (Å²) in [6.07, 6.45) is 2.07. The molecule has 0 aliphatic heterocycles. The van der Waals surface area contributed by atoms with Crippen molar-refractivity contribution in [1.29, 1.82) is 0 Å². The Hall–Kier alpha value is -1.29. The van der Waals surface area contributed by atoms with E-state index in [0.717, 1.165) is 0 Å². The molecular formula is C9H10O3S. The molecule has 0 atom stereocenters. The highest BCUT2D eigenvalue weighted by Gasteiger charge is 2.02. The smallest absolute Gasteiger partial charge is 0.168 e. The van der Waals surface area contributed by atoms with Gasteiger partial charge in [-0.1, -0.05) is 6.08 Å². The average Bonchev–Trinajstić information content (AvgIpc) is 2.08. The first-order valence-corrected chi connectivity index (χ1v) is 4.90. The van der Waals surface area contributed by atoms with Crippen molar-refractivity contribution < 1.29 is 13.5 Å². The van der Waals surface area contributed by atoms with Gasteiger partial charge in [-0.3, -0.25) is 0 Å². The minimum Gasteiger partial charge on any atom is -0.508 e. The fraction of sp³-hybridized carbons (Fsp3) is 0.111. The van der Waals surface area contributed by atoms with Gasteiger partial charge in [0.2, 0.25) is 0 Å². The van der Waals surface area contributed by atoms with Crippen LogP contribution in [0.25, 0.3) is 0 Å². The van der Waals surface area contributed by atoms with Gasteiger partial charge in [0.05, 0.1) is 4.90 Å². The van der Waals surface area contributed by atoms with Crippen LogP contribution < -0.4 is 0 Å². The predicted molar refractivity (Wildman–Crippen MR) is 50.6 cm³/mol. The summed E-state index contributed by atoms with van der Waals surface area (Å²) in [7, 11) is -2.58. The van der Waals surface area contributed by atoms with E-state index in [9.17, 15) is 13.5 Å². The number of allylic oxidation sites excluding steroid dienone is 1. The second-order valence-electron chi connectivity index (χ2n) is 2.56. The molecular weight excluding hydrogens is 188 g/mol. The Labute approximate surface area is 78.3 Å². The number of rotatable bonds is 3. The van der Waals surface area contributed by atoms with Crippen LogP contribution >= 0.6 is 0 Å². The van der Waals surface area contributed by atoms with Gasteiger partial charge in [-0.05, 0) is 30.2 Å². The van der Waals surface area contributed by atoms with E-state index < -0.39 is 10.7 Å². The van der Waals surface area contributed by atoms with Gasteiger partial charge in [0.1, 0.15) is 5.75 Å². The molecule has 0 amide bonds. The van der Waals surface area contributed by atoms with Crippen molar-refractivity contribution in [3.8, 4) is 5.75 Å². The Morgan fingerprint density at radius 3 is 2.69 bits per heavy atom. The van der Waals surface area contributed by atoms with E-state index in [4.69, 9.17) is 0 Å². The largest absolute Gasteiger partial charge is 0.508 e. The number of phenols is 1. The molecule has 1 N–H and O–H groups in total. The maximum Gasteiger partial charge on any atom is 0.168 e. The van der Waals surface area contributed by atoms with Gasteiger partial charge >= 0.3 is 0 Å². The zero-order valence-corrected chi connectivity index (χ0v) is 7.83. The van der Waals surface area contributed by atoms with Crippen molar-refractivity contribution in [3.63, 3.8) is 0 Å². The topological polar surface area (TPSA) is 54.4 Å². The molecule has 0 heterocycles. The lowest BCUT2D eigenvalue weighted by molar-refractivity contribution is 0.469. The van der Waals surface area contributed by atoms with E-state index in [0.29, 0.717) is 12.0 Å². The number of benzene rings is 1. The average molecular weight is 198 g/mol. The molecule has 0 aliphatic rings. The lowest BCUT2D eigenvalue weighted by Gasteiger charge is -2.01. The molecule has 1 rings (SSSR count). The van der Waals surface area contributed by atoms with Gasteiger partial charge in [0, 0.05) is 0 Å². The van der Waals surface area contributed by atoms with Gasteiger partial charge in [0.15, 0.2) is 10.7 Å². The van der Waals surface area contributed by atoms with E-state index in [2.05, 4.69) is 6.58 Å². The Morgan fingerprint density at radius 2 is 2.15 bits per heavy atom. The van der Waals surface area contributed by atoms with Crippen molar-refractivity contribution in [2.45, 2.75) is 11.3 Å². The van der Waals surface area contributed by atoms with E-state index in [1.807, 2.05) is 0 Å². The third kappa shape index (κ3) is 2.32. The van der Waals surface area contributed by atoms with Crippen LogP contribution in [0.5, 0.6) is 5.75 Å². The summed E-state index contributed by atoms with van der Waals surface area (Å²) in [5, 5.41) is 9.30. The van der Waals surface area contributed by atoms with Gasteiger partial charge in [0.25, 0.3) is 0 Å². The monoisotopic (exact) mass is 198 g/mol. The van der Waals surface area contributed by atoms with Crippen LogP contribution in [0.15, 0.2) is 35.7 Å². The fourth-order valence-corrected chi connectivity index (χ4v) is 1.46. The molecule has 3 nitrogen and oxygen atoms in total. The lowest BCUT2D eigenvalue weighted by Crippen LogP contribution is -1.86. The van der Waals surface area contributed by atoms with Gasteiger partial charge in [-0.15, -0.1) is 6.58 Å². The Kier molecular flexibility index (Phi) is 3.08. The third-order valence-electron chi connectivity index (χ3n) is 1.64. The summed E-state index contributed by atoms with van der Waals surface area (Å²) in [6.45, 7) is 3.51. The molecule has 0 saturated carbocycles. The van der Waals surface area contributed by atoms with Crippen LogP contribution in [0.3, 0.4) is 0 Å². The molecule has 70 valence electrons. The minimum absolute atomic E-state index is 0.0977. The van der Waals surface area contributed by atoms with Crippen molar-refractivity contribution >= 4 is 10.7 Å². The second-order valence-corrected chi connectivity index (χ2v) is 3.59. The van der Waals surface area contributed by atoms with E-state index in [-0.39, 0.29) is 10.6 Å². The van der Waals surface area contributed by atoms with E-state index >= 15 is 0 Å². The standard InChI is InChI=1S/C9H10O3S/c1-2-3-7-6-8(13(11)12)4-5-9(7)10/h2,4-6,10,13H,1,3H2. The van der Waals surface area contributed by atoms with Crippen LogP contribution in [0.2, 0.25) is 0 Å². The van der Waals surface area contributed by atoms with Gasteiger partial charge in [-0.25, -0.2) is 8.42 Å². The van der Waals surface area contributed by atoms with E-state index in [1.165, 1.54) is 18.2 Å². The number of hydrogen-bond donors (Lipinski definition) is 2. The van der Waals surface area contributed by atoms with E-state index in [1.54, 1.807) is 6.08 Å². The first kappa shape index (κ1) is 9.80. The summed E-state index contributed by atoms with van der Waals surface area (Å²) in [6, 6.07) is 4.19. The van der Waals surface area contributed by atoms with Crippen LogP contribution in [-0.2, 0) is 17.1 Å². The SMILES string of the molecule is C=CCc1cc([SH](=O)=O)ccc1O. The van der Waals surface area contributed by atoms with Crippen LogP contribution in [0, 0.1) is 0 Å². The summed E-state index contributed by atoms with van der Waals surface area (Å²) in [5.74, 6) is 0.0977. The number of phenolic OH excluding ortho intramolecular Hbond substituents is 1. The maximum atomic E-state index is 10.6. The zero-order valence-electron chi connectivity index (χ0n) is 6.93. The first-order chi connectivity index (χ1) is 6.15. The molecule has 0 unspecified atom stereocenters. The summed E-state index contributed by atoms with van der Waals surface area (Å²) in [5.41, 5.74) is 0.576. The minimum atomic E-state index is -2.58. The quantitative estimate of drug-likeness (QED) is 0.564. The molecule has 1 aromatic rings. The Balaban J connectivity index is 3.17. The molecule has 0 saturated heterocycles. The Morgan fingerprint density at radius 1 is 1.46 bits per heavy atom. The summed E-state index contributed by atoms with van der Waals surface area (Å²) >= 11 is 0. The highest BCUT2D eigenvalue weighted by molar-refractivity contribution is 7.72. The molecule has 4 heteroatoms. The lowest BCUT2D eigenvalue weighted by atomic mass is 10.1. The molecule has 13 heavy (non-hydrogen) atoms. The maximum absolute atomic E-state index is 10.6. The number of aromatic hydroxyl groups is 1. The summed E-state index contributed by atoms with van der Waals surface area (Å²) < 4.78 is 21.2. The molecule has 0 aliphatic carbocycles. The molecule has 0 fully saturated rings. The highest BCUT2D eigenvalue weighted by atomic mass is 32.2. The predicted octanol–water partition coefficient (Wildman–Crippen LogP) is 1.09. The summed E-state index contributed by atoms with van der Waals surface area (Å²) in [4.78, 5) is 0.213. The molecule has 1 aromatic carbocycles.